The number of carboxylic acid groups (broad SMARTS) is 1. The third-order valence-corrected chi connectivity index (χ3v) is 3.92. The molecular weight excluding hydrogens is 277 g/mol. The van der Waals surface area contributed by atoms with E-state index >= 15 is 0 Å². The van der Waals surface area contributed by atoms with Crippen molar-refractivity contribution in [2.45, 2.75) is 44.1 Å². The zero-order chi connectivity index (χ0) is 15.5. The SMILES string of the molecule is O=C(NC1(C(=O)O)CCCCCC1)c1ccc(O)cc1F. The zero-order valence-electron chi connectivity index (χ0n) is 11.6. The van der Waals surface area contributed by atoms with Crippen LogP contribution in [-0.2, 0) is 4.79 Å². The number of phenols is 1. The van der Waals surface area contributed by atoms with E-state index in [-0.39, 0.29) is 11.3 Å². The number of carbonyl (C=O) groups is 2. The molecule has 21 heavy (non-hydrogen) atoms. The van der Waals surface area contributed by atoms with Gasteiger partial charge in [0, 0.05) is 6.07 Å². The zero-order valence-corrected chi connectivity index (χ0v) is 11.6. The highest BCUT2D eigenvalue weighted by Gasteiger charge is 2.40. The van der Waals surface area contributed by atoms with Crippen molar-refractivity contribution in [1.82, 2.24) is 5.32 Å². The van der Waals surface area contributed by atoms with E-state index in [0.29, 0.717) is 25.7 Å². The number of rotatable bonds is 3. The summed E-state index contributed by atoms with van der Waals surface area (Å²) in [4.78, 5) is 23.8. The maximum atomic E-state index is 13.7. The van der Waals surface area contributed by atoms with Crippen LogP contribution in [0.25, 0.3) is 0 Å². The number of benzene rings is 1. The summed E-state index contributed by atoms with van der Waals surface area (Å²) in [6.45, 7) is 0. The van der Waals surface area contributed by atoms with Crippen molar-refractivity contribution in [1.29, 1.82) is 0 Å². The Morgan fingerprint density at radius 1 is 1.14 bits per heavy atom. The van der Waals surface area contributed by atoms with Crippen LogP contribution in [-0.4, -0.2) is 27.6 Å². The highest BCUT2D eigenvalue weighted by molar-refractivity contribution is 5.98. The van der Waals surface area contributed by atoms with E-state index in [0.717, 1.165) is 25.0 Å². The van der Waals surface area contributed by atoms with Gasteiger partial charge in [0.15, 0.2) is 0 Å². The van der Waals surface area contributed by atoms with Crippen molar-refractivity contribution in [3.8, 4) is 5.75 Å². The minimum atomic E-state index is -1.34. The second-order valence-corrected chi connectivity index (χ2v) is 5.42. The number of nitrogens with one attached hydrogen (secondary N) is 1. The lowest BCUT2D eigenvalue weighted by Crippen LogP contribution is -2.54. The Balaban J connectivity index is 2.24. The molecule has 114 valence electrons. The Kier molecular flexibility index (Phi) is 4.45. The molecule has 1 aliphatic rings. The van der Waals surface area contributed by atoms with E-state index in [4.69, 9.17) is 5.11 Å². The fourth-order valence-corrected chi connectivity index (χ4v) is 2.70. The first-order chi connectivity index (χ1) is 9.94. The number of carbonyl (C=O) groups excluding carboxylic acids is 1. The van der Waals surface area contributed by atoms with Gasteiger partial charge in [-0.1, -0.05) is 25.7 Å². The van der Waals surface area contributed by atoms with Crippen molar-refractivity contribution in [3.05, 3.63) is 29.6 Å². The third kappa shape index (κ3) is 3.32. The van der Waals surface area contributed by atoms with E-state index in [1.54, 1.807) is 0 Å². The quantitative estimate of drug-likeness (QED) is 0.747. The summed E-state index contributed by atoms with van der Waals surface area (Å²) in [5.41, 5.74) is -1.60. The van der Waals surface area contributed by atoms with Gasteiger partial charge in [-0.25, -0.2) is 9.18 Å². The van der Waals surface area contributed by atoms with Gasteiger partial charge in [0.2, 0.25) is 0 Å². The Morgan fingerprint density at radius 2 is 1.76 bits per heavy atom. The molecule has 0 heterocycles. The molecule has 1 saturated carbocycles. The summed E-state index contributed by atoms with van der Waals surface area (Å²) in [7, 11) is 0. The van der Waals surface area contributed by atoms with E-state index < -0.39 is 23.2 Å². The Bertz CT molecular complexity index is 551. The number of hydrogen-bond donors (Lipinski definition) is 3. The molecule has 1 aromatic carbocycles. The summed E-state index contributed by atoms with van der Waals surface area (Å²) in [5, 5.41) is 21.1. The van der Waals surface area contributed by atoms with Crippen LogP contribution >= 0.6 is 0 Å². The average molecular weight is 295 g/mol. The fraction of sp³-hybridized carbons (Fsp3) is 0.467. The number of carboxylic acids is 1. The standard InChI is InChI=1S/C15H18FNO4/c16-12-9-10(18)5-6-11(12)13(19)17-15(14(20)21)7-3-1-2-4-8-15/h5-6,9,18H,1-4,7-8H2,(H,17,19)(H,20,21). The minimum Gasteiger partial charge on any atom is -0.508 e. The third-order valence-electron chi connectivity index (χ3n) is 3.92. The molecule has 1 amide bonds. The number of hydrogen-bond acceptors (Lipinski definition) is 3. The van der Waals surface area contributed by atoms with Gasteiger partial charge in [0.05, 0.1) is 5.56 Å². The highest BCUT2D eigenvalue weighted by atomic mass is 19.1. The van der Waals surface area contributed by atoms with Crippen molar-refractivity contribution in [3.63, 3.8) is 0 Å². The number of phenolic OH excluding ortho intramolecular Hbond substituents is 1. The highest BCUT2D eigenvalue weighted by Crippen LogP contribution is 2.28. The second-order valence-electron chi connectivity index (χ2n) is 5.42. The van der Waals surface area contributed by atoms with Gasteiger partial charge in [0.25, 0.3) is 5.91 Å². The van der Waals surface area contributed by atoms with Gasteiger partial charge < -0.3 is 15.5 Å². The number of aromatic hydroxyl groups is 1. The lowest BCUT2D eigenvalue weighted by molar-refractivity contribution is -0.145. The molecule has 1 aliphatic carbocycles. The first-order valence-corrected chi connectivity index (χ1v) is 6.99. The molecule has 0 unspecified atom stereocenters. The first-order valence-electron chi connectivity index (χ1n) is 6.99. The van der Waals surface area contributed by atoms with Crippen LogP contribution in [0.3, 0.4) is 0 Å². The molecule has 0 bridgehead atoms. The predicted molar refractivity (Wildman–Crippen MR) is 73.6 cm³/mol. The molecule has 0 atom stereocenters. The summed E-state index contributed by atoms with van der Waals surface area (Å²) < 4.78 is 13.7. The van der Waals surface area contributed by atoms with Crippen molar-refractivity contribution in [2.75, 3.05) is 0 Å². The monoisotopic (exact) mass is 295 g/mol. The van der Waals surface area contributed by atoms with Crippen LogP contribution in [0.2, 0.25) is 0 Å². The van der Waals surface area contributed by atoms with Crippen molar-refractivity contribution < 1.29 is 24.2 Å². The van der Waals surface area contributed by atoms with Crippen molar-refractivity contribution in [2.24, 2.45) is 0 Å². The molecule has 0 radical (unpaired) electrons. The lowest BCUT2D eigenvalue weighted by Gasteiger charge is -2.29. The number of amides is 1. The largest absolute Gasteiger partial charge is 0.508 e. The van der Waals surface area contributed by atoms with Crippen LogP contribution < -0.4 is 5.32 Å². The molecular formula is C15H18FNO4. The van der Waals surface area contributed by atoms with Gasteiger partial charge in [0.1, 0.15) is 17.1 Å². The summed E-state index contributed by atoms with van der Waals surface area (Å²) >= 11 is 0. The van der Waals surface area contributed by atoms with Crippen LogP contribution in [0.4, 0.5) is 4.39 Å². The average Bonchev–Trinajstić information content (AvgIpc) is 2.65. The fourth-order valence-electron chi connectivity index (χ4n) is 2.70. The Morgan fingerprint density at radius 3 is 2.29 bits per heavy atom. The first kappa shape index (κ1) is 15.3. The summed E-state index contributed by atoms with van der Waals surface area (Å²) in [6, 6.07) is 3.17. The van der Waals surface area contributed by atoms with Crippen LogP contribution in [0, 0.1) is 5.82 Å². The van der Waals surface area contributed by atoms with E-state index in [1.165, 1.54) is 6.07 Å². The van der Waals surface area contributed by atoms with E-state index in [9.17, 15) is 19.1 Å². The minimum absolute atomic E-state index is 0.266. The maximum Gasteiger partial charge on any atom is 0.329 e. The lowest BCUT2D eigenvalue weighted by atomic mass is 9.89. The normalized spacial score (nSPS) is 17.8. The Hall–Kier alpha value is -2.11. The Labute approximate surface area is 121 Å². The van der Waals surface area contributed by atoms with Gasteiger partial charge >= 0.3 is 5.97 Å². The van der Waals surface area contributed by atoms with Gasteiger partial charge in [-0.15, -0.1) is 0 Å². The maximum absolute atomic E-state index is 13.7. The molecule has 1 aromatic rings. The van der Waals surface area contributed by atoms with Crippen LogP contribution in [0.5, 0.6) is 5.75 Å². The van der Waals surface area contributed by atoms with Gasteiger partial charge in [-0.05, 0) is 25.0 Å². The van der Waals surface area contributed by atoms with E-state index in [2.05, 4.69) is 5.32 Å². The summed E-state index contributed by atoms with van der Waals surface area (Å²) in [5.74, 6) is -3.01. The number of aliphatic carboxylic acids is 1. The van der Waals surface area contributed by atoms with Crippen molar-refractivity contribution >= 4 is 11.9 Å². The second kappa shape index (κ2) is 6.11. The van der Waals surface area contributed by atoms with Crippen LogP contribution in [0.1, 0.15) is 48.9 Å². The predicted octanol–water partition coefficient (Wildman–Crippen LogP) is 2.44. The smallest absolute Gasteiger partial charge is 0.329 e. The molecule has 3 N–H and O–H groups in total. The molecule has 2 rings (SSSR count). The molecule has 0 aliphatic heterocycles. The van der Waals surface area contributed by atoms with E-state index in [1.807, 2.05) is 0 Å². The van der Waals surface area contributed by atoms with Gasteiger partial charge in [-0.2, -0.15) is 0 Å². The molecule has 0 aromatic heterocycles. The molecule has 5 nitrogen and oxygen atoms in total. The van der Waals surface area contributed by atoms with Gasteiger partial charge in [-0.3, -0.25) is 4.79 Å². The molecule has 1 fully saturated rings. The summed E-state index contributed by atoms with van der Waals surface area (Å²) in [6.07, 6.45) is 3.97. The topological polar surface area (TPSA) is 86.6 Å². The van der Waals surface area contributed by atoms with Crippen LogP contribution in [0.15, 0.2) is 18.2 Å². The molecule has 0 saturated heterocycles. The molecule has 0 spiro atoms. The number of halogens is 1. The molecule has 6 heteroatoms.